The Morgan fingerprint density at radius 2 is 2.29 bits per heavy atom. The van der Waals surface area contributed by atoms with Gasteiger partial charge in [0.1, 0.15) is 5.69 Å². The number of aryl methyl sites for hydroxylation is 1. The minimum atomic E-state index is 0.539. The predicted octanol–water partition coefficient (Wildman–Crippen LogP) is 2.05. The van der Waals surface area contributed by atoms with Crippen LogP contribution in [0.5, 0.6) is 0 Å². The average Bonchev–Trinajstić information content (AvgIpc) is 2.79. The number of nitrogens with one attached hydrogen (secondary N) is 1. The van der Waals surface area contributed by atoms with E-state index in [1.165, 1.54) is 0 Å². The first-order valence-electron chi connectivity index (χ1n) is 5.38. The van der Waals surface area contributed by atoms with E-state index in [0.717, 1.165) is 29.6 Å². The van der Waals surface area contributed by atoms with E-state index >= 15 is 0 Å². The monoisotopic (exact) mass is 296 g/mol. The van der Waals surface area contributed by atoms with Crippen molar-refractivity contribution in [3.63, 3.8) is 0 Å². The summed E-state index contributed by atoms with van der Waals surface area (Å²) in [6.07, 6.45) is 3.47. The van der Waals surface area contributed by atoms with Crippen molar-refractivity contribution in [1.82, 2.24) is 20.4 Å². The SMILES string of the molecule is CNCCCc1nc(-c2ccc(Br)cn2)no1. The first-order valence-corrected chi connectivity index (χ1v) is 6.18. The third-order valence-electron chi connectivity index (χ3n) is 2.24. The molecule has 17 heavy (non-hydrogen) atoms. The van der Waals surface area contributed by atoms with Gasteiger partial charge in [-0.1, -0.05) is 5.16 Å². The van der Waals surface area contributed by atoms with Crippen molar-refractivity contribution in [2.75, 3.05) is 13.6 Å². The lowest BCUT2D eigenvalue weighted by atomic mass is 10.3. The molecule has 0 spiro atoms. The molecule has 0 amide bonds. The van der Waals surface area contributed by atoms with Gasteiger partial charge in [0.25, 0.3) is 0 Å². The van der Waals surface area contributed by atoms with Gasteiger partial charge in [0.15, 0.2) is 0 Å². The van der Waals surface area contributed by atoms with Crippen LogP contribution in [0.4, 0.5) is 0 Å². The van der Waals surface area contributed by atoms with Crippen LogP contribution in [0.15, 0.2) is 27.3 Å². The molecule has 2 rings (SSSR count). The van der Waals surface area contributed by atoms with E-state index in [2.05, 4.69) is 36.4 Å². The summed E-state index contributed by atoms with van der Waals surface area (Å²) in [7, 11) is 1.92. The molecule has 0 aliphatic carbocycles. The van der Waals surface area contributed by atoms with Crippen LogP contribution in [0, 0.1) is 0 Å². The number of pyridine rings is 1. The van der Waals surface area contributed by atoms with Gasteiger partial charge in [-0.3, -0.25) is 4.98 Å². The normalized spacial score (nSPS) is 10.7. The topological polar surface area (TPSA) is 63.8 Å². The summed E-state index contributed by atoms with van der Waals surface area (Å²) < 4.78 is 6.08. The molecule has 1 N–H and O–H groups in total. The zero-order valence-corrected chi connectivity index (χ0v) is 11.1. The average molecular weight is 297 g/mol. The van der Waals surface area contributed by atoms with Crippen LogP contribution in [0.1, 0.15) is 12.3 Å². The molecule has 5 nitrogen and oxygen atoms in total. The Morgan fingerprint density at radius 3 is 3.00 bits per heavy atom. The first kappa shape index (κ1) is 12.2. The van der Waals surface area contributed by atoms with Crippen LogP contribution in [-0.2, 0) is 6.42 Å². The van der Waals surface area contributed by atoms with Crippen LogP contribution in [0.2, 0.25) is 0 Å². The van der Waals surface area contributed by atoms with E-state index in [1.807, 2.05) is 19.2 Å². The van der Waals surface area contributed by atoms with Crippen molar-refractivity contribution in [2.24, 2.45) is 0 Å². The van der Waals surface area contributed by atoms with Crippen LogP contribution in [-0.4, -0.2) is 28.7 Å². The highest BCUT2D eigenvalue weighted by molar-refractivity contribution is 9.10. The molecule has 90 valence electrons. The van der Waals surface area contributed by atoms with Crippen molar-refractivity contribution in [3.05, 3.63) is 28.7 Å². The molecule has 0 aliphatic rings. The van der Waals surface area contributed by atoms with Crippen LogP contribution in [0.25, 0.3) is 11.5 Å². The number of hydrogen-bond donors (Lipinski definition) is 1. The molecule has 0 atom stereocenters. The Bertz CT molecular complexity index is 469. The maximum Gasteiger partial charge on any atom is 0.227 e. The molecule has 0 aromatic carbocycles. The molecular formula is C11H13BrN4O. The molecule has 2 heterocycles. The summed E-state index contributed by atoms with van der Waals surface area (Å²) in [6, 6.07) is 3.76. The number of aromatic nitrogens is 3. The lowest BCUT2D eigenvalue weighted by molar-refractivity contribution is 0.375. The van der Waals surface area contributed by atoms with Gasteiger partial charge in [0.05, 0.1) is 0 Å². The molecule has 0 saturated carbocycles. The summed E-state index contributed by atoms with van der Waals surface area (Å²) in [5.41, 5.74) is 0.719. The van der Waals surface area contributed by atoms with Crippen molar-refractivity contribution in [3.8, 4) is 11.5 Å². The summed E-state index contributed by atoms with van der Waals surface area (Å²) in [5, 5.41) is 6.99. The molecular weight excluding hydrogens is 284 g/mol. The minimum Gasteiger partial charge on any atom is -0.339 e. The molecule has 2 aromatic rings. The fraction of sp³-hybridized carbons (Fsp3) is 0.364. The van der Waals surface area contributed by atoms with Gasteiger partial charge in [0, 0.05) is 17.1 Å². The van der Waals surface area contributed by atoms with Gasteiger partial charge in [0.2, 0.25) is 11.7 Å². The number of halogens is 1. The minimum absolute atomic E-state index is 0.539. The van der Waals surface area contributed by atoms with Crippen molar-refractivity contribution in [2.45, 2.75) is 12.8 Å². The number of rotatable bonds is 5. The lowest BCUT2D eigenvalue weighted by Gasteiger charge is -1.94. The molecule has 6 heteroatoms. The van der Waals surface area contributed by atoms with E-state index in [-0.39, 0.29) is 0 Å². The highest BCUT2D eigenvalue weighted by Gasteiger charge is 2.08. The van der Waals surface area contributed by atoms with Crippen LogP contribution in [0.3, 0.4) is 0 Å². The fourth-order valence-corrected chi connectivity index (χ4v) is 1.62. The standard InChI is InChI=1S/C11H13BrN4O/c1-13-6-2-3-10-15-11(16-17-10)9-5-4-8(12)7-14-9/h4-5,7,13H,2-3,6H2,1H3. The Labute approximate surface area is 108 Å². The first-order chi connectivity index (χ1) is 8.29. The molecule has 2 aromatic heterocycles. The molecule has 0 aliphatic heterocycles. The Morgan fingerprint density at radius 1 is 1.41 bits per heavy atom. The zero-order chi connectivity index (χ0) is 12.1. The summed E-state index contributed by atoms with van der Waals surface area (Å²) in [4.78, 5) is 8.51. The van der Waals surface area contributed by atoms with Gasteiger partial charge >= 0.3 is 0 Å². The van der Waals surface area contributed by atoms with Crippen molar-refractivity contribution < 1.29 is 4.52 Å². The quantitative estimate of drug-likeness (QED) is 0.856. The summed E-state index contributed by atoms with van der Waals surface area (Å²) in [5.74, 6) is 1.19. The van der Waals surface area contributed by atoms with Crippen molar-refractivity contribution >= 4 is 15.9 Å². The third-order valence-corrected chi connectivity index (χ3v) is 2.71. The van der Waals surface area contributed by atoms with Crippen LogP contribution < -0.4 is 5.32 Å². The third kappa shape index (κ3) is 3.34. The van der Waals surface area contributed by atoms with Crippen molar-refractivity contribution in [1.29, 1.82) is 0 Å². The number of hydrogen-bond acceptors (Lipinski definition) is 5. The van der Waals surface area contributed by atoms with E-state index < -0.39 is 0 Å². The van der Waals surface area contributed by atoms with Gasteiger partial charge in [-0.2, -0.15) is 4.98 Å². The zero-order valence-electron chi connectivity index (χ0n) is 9.48. The van der Waals surface area contributed by atoms with Gasteiger partial charge in [-0.25, -0.2) is 0 Å². The highest BCUT2D eigenvalue weighted by Crippen LogP contribution is 2.16. The maximum atomic E-state index is 5.16. The molecule has 0 saturated heterocycles. The summed E-state index contributed by atoms with van der Waals surface area (Å²) >= 11 is 3.33. The second-order valence-corrected chi connectivity index (χ2v) is 4.50. The maximum absolute atomic E-state index is 5.16. The Hall–Kier alpha value is -1.27. The van der Waals surface area contributed by atoms with E-state index in [9.17, 15) is 0 Å². The Kier molecular flexibility index (Phi) is 4.22. The van der Waals surface area contributed by atoms with Gasteiger partial charge < -0.3 is 9.84 Å². The second kappa shape index (κ2) is 5.88. The fourth-order valence-electron chi connectivity index (χ4n) is 1.38. The number of nitrogens with zero attached hydrogens (tertiary/aromatic N) is 3. The molecule has 0 radical (unpaired) electrons. The van der Waals surface area contributed by atoms with Gasteiger partial charge in [-0.05, 0) is 48.1 Å². The lowest BCUT2D eigenvalue weighted by Crippen LogP contribution is -2.08. The summed E-state index contributed by atoms with van der Waals surface area (Å²) in [6.45, 7) is 0.939. The molecule has 0 fully saturated rings. The van der Waals surface area contributed by atoms with E-state index in [4.69, 9.17) is 4.52 Å². The van der Waals surface area contributed by atoms with Crippen LogP contribution >= 0.6 is 15.9 Å². The van der Waals surface area contributed by atoms with Gasteiger partial charge in [-0.15, -0.1) is 0 Å². The molecule has 0 unspecified atom stereocenters. The van der Waals surface area contributed by atoms with E-state index in [0.29, 0.717) is 11.7 Å². The van der Waals surface area contributed by atoms with E-state index in [1.54, 1.807) is 6.20 Å². The second-order valence-electron chi connectivity index (χ2n) is 3.58. The highest BCUT2D eigenvalue weighted by atomic mass is 79.9. The predicted molar refractivity (Wildman–Crippen MR) is 67.5 cm³/mol. The smallest absolute Gasteiger partial charge is 0.227 e. The molecule has 0 bridgehead atoms. The Balaban J connectivity index is 2.04. The largest absolute Gasteiger partial charge is 0.339 e.